The van der Waals surface area contributed by atoms with Crippen LogP contribution in [-0.4, -0.2) is 23.4 Å². The fourth-order valence-corrected chi connectivity index (χ4v) is 4.48. The highest BCUT2D eigenvalue weighted by atomic mass is 15.3. The standard InChI is InChI=1S/C15H25N3/c1-3-18-10-13(9-17-18)8-15(11-16-2)7-12-4-5-14(15)6-12/h9-10,12,14,16H,3-8,11H2,1-2H3. The Hall–Kier alpha value is -0.830. The Morgan fingerprint density at radius 1 is 1.50 bits per heavy atom. The minimum Gasteiger partial charge on any atom is -0.319 e. The van der Waals surface area contributed by atoms with Crippen molar-refractivity contribution in [3.8, 4) is 0 Å². The summed E-state index contributed by atoms with van der Waals surface area (Å²) in [5, 5.41) is 7.88. The molecule has 0 aromatic carbocycles. The van der Waals surface area contributed by atoms with E-state index in [1.807, 2.05) is 0 Å². The Balaban J connectivity index is 1.78. The smallest absolute Gasteiger partial charge is 0.0521 e. The molecule has 2 aliphatic rings. The van der Waals surface area contributed by atoms with Crippen LogP contribution in [0.3, 0.4) is 0 Å². The van der Waals surface area contributed by atoms with E-state index in [9.17, 15) is 0 Å². The summed E-state index contributed by atoms with van der Waals surface area (Å²) in [6.45, 7) is 4.30. The summed E-state index contributed by atoms with van der Waals surface area (Å²) in [4.78, 5) is 0. The van der Waals surface area contributed by atoms with Crippen molar-refractivity contribution in [3.05, 3.63) is 18.0 Å². The third-order valence-corrected chi connectivity index (χ3v) is 5.20. The molecule has 3 unspecified atom stereocenters. The van der Waals surface area contributed by atoms with Crippen molar-refractivity contribution in [1.82, 2.24) is 15.1 Å². The van der Waals surface area contributed by atoms with E-state index in [0.717, 1.165) is 18.4 Å². The number of aryl methyl sites for hydroxylation is 1. The molecule has 1 N–H and O–H groups in total. The van der Waals surface area contributed by atoms with E-state index in [1.54, 1.807) is 0 Å². The highest BCUT2D eigenvalue weighted by molar-refractivity contribution is 5.13. The van der Waals surface area contributed by atoms with Crippen LogP contribution in [-0.2, 0) is 13.0 Å². The average Bonchev–Trinajstić information content (AvgIpc) is 3.04. The molecule has 0 spiro atoms. The Morgan fingerprint density at radius 3 is 2.94 bits per heavy atom. The quantitative estimate of drug-likeness (QED) is 0.866. The zero-order chi connectivity index (χ0) is 12.6. The second-order valence-corrected chi connectivity index (χ2v) is 6.35. The first-order valence-electron chi connectivity index (χ1n) is 7.41. The van der Waals surface area contributed by atoms with Crippen LogP contribution in [0.25, 0.3) is 0 Å². The van der Waals surface area contributed by atoms with Crippen molar-refractivity contribution in [2.24, 2.45) is 17.3 Å². The summed E-state index contributed by atoms with van der Waals surface area (Å²) in [6.07, 6.45) is 11.4. The first-order valence-corrected chi connectivity index (χ1v) is 7.41. The molecule has 1 aromatic heterocycles. The number of nitrogens with one attached hydrogen (secondary N) is 1. The number of aromatic nitrogens is 2. The van der Waals surface area contributed by atoms with Crippen LogP contribution < -0.4 is 5.32 Å². The van der Waals surface area contributed by atoms with Crippen LogP contribution in [0.15, 0.2) is 12.4 Å². The van der Waals surface area contributed by atoms with E-state index in [2.05, 4.69) is 41.5 Å². The van der Waals surface area contributed by atoms with Gasteiger partial charge in [-0.3, -0.25) is 4.68 Å². The summed E-state index contributed by atoms with van der Waals surface area (Å²) in [6, 6.07) is 0. The van der Waals surface area contributed by atoms with E-state index in [1.165, 1.54) is 44.2 Å². The Kier molecular flexibility index (Phi) is 3.18. The number of hydrogen-bond donors (Lipinski definition) is 1. The minimum atomic E-state index is 0.513. The molecule has 2 saturated carbocycles. The van der Waals surface area contributed by atoms with Crippen molar-refractivity contribution < 1.29 is 0 Å². The van der Waals surface area contributed by atoms with Crippen LogP contribution in [0.4, 0.5) is 0 Å². The van der Waals surface area contributed by atoms with Crippen LogP contribution in [0.2, 0.25) is 0 Å². The molecule has 3 heteroatoms. The van der Waals surface area contributed by atoms with E-state index in [0.29, 0.717) is 5.41 Å². The normalized spacial score (nSPS) is 34.3. The van der Waals surface area contributed by atoms with Crippen LogP contribution >= 0.6 is 0 Å². The minimum absolute atomic E-state index is 0.513. The van der Waals surface area contributed by atoms with E-state index in [4.69, 9.17) is 0 Å². The summed E-state index contributed by atoms with van der Waals surface area (Å²) >= 11 is 0. The number of hydrogen-bond acceptors (Lipinski definition) is 2. The molecule has 2 bridgehead atoms. The van der Waals surface area contributed by atoms with Gasteiger partial charge in [-0.25, -0.2) is 0 Å². The molecule has 3 nitrogen and oxygen atoms in total. The molecule has 100 valence electrons. The van der Waals surface area contributed by atoms with Gasteiger partial charge in [0.05, 0.1) is 6.20 Å². The second-order valence-electron chi connectivity index (χ2n) is 6.35. The van der Waals surface area contributed by atoms with Crippen molar-refractivity contribution in [2.75, 3.05) is 13.6 Å². The molecule has 0 aliphatic heterocycles. The molecule has 0 saturated heterocycles. The Labute approximate surface area is 110 Å². The van der Waals surface area contributed by atoms with Crippen molar-refractivity contribution in [3.63, 3.8) is 0 Å². The molecule has 2 fully saturated rings. The average molecular weight is 247 g/mol. The highest BCUT2D eigenvalue weighted by Gasteiger charge is 2.50. The second kappa shape index (κ2) is 4.69. The van der Waals surface area contributed by atoms with Crippen molar-refractivity contribution >= 4 is 0 Å². The highest BCUT2D eigenvalue weighted by Crippen LogP contribution is 2.56. The maximum Gasteiger partial charge on any atom is 0.0521 e. The summed E-state index contributed by atoms with van der Waals surface area (Å²) in [5.41, 5.74) is 1.94. The van der Waals surface area contributed by atoms with E-state index < -0.39 is 0 Å². The molecule has 1 aromatic rings. The number of nitrogens with zero attached hydrogens (tertiary/aromatic N) is 2. The Morgan fingerprint density at radius 2 is 2.39 bits per heavy atom. The molecule has 3 rings (SSSR count). The number of fused-ring (bicyclic) bond motifs is 2. The van der Waals surface area contributed by atoms with Gasteiger partial charge in [0.2, 0.25) is 0 Å². The zero-order valence-electron chi connectivity index (χ0n) is 11.7. The van der Waals surface area contributed by atoms with Crippen LogP contribution in [0.5, 0.6) is 0 Å². The van der Waals surface area contributed by atoms with Gasteiger partial charge in [-0.1, -0.05) is 6.42 Å². The zero-order valence-corrected chi connectivity index (χ0v) is 11.7. The summed E-state index contributed by atoms with van der Waals surface area (Å²) in [5.74, 6) is 1.95. The third kappa shape index (κ3) is 1.99. The maximum absolute atomic E-state index is 4.43. The van der Waals surface area contributed by atoms with E-state index >= 15 is 0 Å². The van der Waals surface area contributed by atoms with Gasteiger partial charge in [0.1, 0.15) is 0 Å². The summed E-state index contributed by atoms with van der Waals surface area (Å²) < 4.78 is 2.05. The van der Waals surface area contributed by atoms with Gasteiger partial charge in [0.25, 0.3) is 0 Å². The largest absolute Gasteiger partial charge is 0.319 e. The molecule has 18 heavy (non-hydrogen) atoms. The fraction of sp³-hybridized carbons (Fsp3) is 0.800. The molecule has 0 radical (unpaired) electrons. The number of rotatable bonds is 5. The SMILES string of the molecule is CCn1cc(CC2(CNC)CC3CCC2C3)cn1. The van der Waals surface area contributed by atoms with Gasteiger partial charge in [-0.15, -0.1) is 0 Å². The lowest BCUT2D eigenvalue weighted by Crippen LogP contribution is -2.39. The van der Waals surface area contributed by atoms with Gasteiger partial charge < -0.3 is 5.32 Å². The first kappa shape index (κ1) is 12.2. The lowest BCUT2D eigenvalue weighted by Gasteiger charge is -2.37. The van der Waals surface area contributed by atoms with Gasteiger partial charge in [0.15, 0.2) is 0 Å². The molecule has 1 heterocycles. The van der Waals surface area contributed by atoms with E-state index in [-0.39, 0.29) is 0 Å². The maximum atomic E-state index is 4.43. The van der Waals surface area contributed by atoms with Gasteiger partial charge in [0, 0.05) is 19.3 Å². The summed E-state index contributed by atoms with van der Waals surface area (Å²) in [7, 11) is 2.10. The Bertz CT molecular complexity index is 412. The van der Waals surface area contributed by atoms with Gasteiger partial charge >= 0.3 is 0 Å². The lowest BCUT2D eigenvalue weighted by atomic mass is 9.69. The molecular weight excluding hydrogens is 222 g/mol. The predicted octanol–water partition coefficient (Wildman–Crippen LogP) is 2.47. The topological polar surface area (TPSA) is 29.9 Å². The van der Waals surface area contributed by atoms with Gasteiger partial charge in [-0.05, 0) is 62.5 Å². The molecule has 3 atom stereocenters. The van der Waals surface area contributed by atoms with Crippen LogP contribution in [0, 0.1) is 17.3 Å². The monoisotopic (exact) mass is 247 g/mol. The van der Waals surface area contributed by atoms with Crippen molar-refractivity contribution in [1.29, 1.82) is 0 Å². The lowest BCUT2D eigenvalue weighted by molar-refractivity contribution is 0.160. The van der Waals surface area contributed by atoms with Gasteiger partial charge in [-0.2, -0.15) is 5.10 Å². The molecule has 2 aliphatic carbocycles. The predicted molar refractivity (Wildman–Crippen MR) is 73.4 cm³/mol. The third-order valence-electron chi connectivity index (χ3n) is 5.20. The fourth-order valence-electron chi connectivity index (χ4n) is 4.48. The molecule has 0 amide bonds. The first-order chi connectivity index (χ1) is 8.75. The van der Waals surface area contributed by atoms with Crippen molar-refractivity contribution in [2.45, 2.75) is 45.6 Å². The van der Waals surface area contributed by atoms with Crippen LogP contribution in [0.1, 0.15) is 38.2 Å². The molecular formula is C15H25N3.